The molecule has 1 aromatic heterocycles. The van der Waals surface area contributed by atoms with Crippen LogP contribution in [0.15, 0.2) is 41.2 Å². The smallest absolute Gasteiger partial charge is 0.278 e. The molecule has 0 atom stereocenters. The van der Waals surface area contributed by atoms with Crippen molar-refractivity contribution in [3.8, 4) is 17.1 Å². The lowest BCUT2D eigenvalue weighted by molar-refractivity contribution is 0.585. The van der Waals surface area contributed by atoms with Crippen molar-refractivity contribution >= 4 is 11.6 Å². The molecule has 0 aliphatic heterocycles. The fourth-order valence-corrected chi connectivity index (χ4v) is 2.71. The Hall–Kier alpha value is -2.47. The highest BCUT2D eigenvalue weighted by molar-refractivity contribution is 6.32. The monoisotopic (exact) mass is 335 g/mol. The van der Waals surface area contributed by atoms with Crippen molar-refractivity contribution in [2.24, 2.45) is 7.05 Å². The van der Waals surface area contributed by atoms with Gasteiger partial charge in [0.1, 0.15) is 11.6 Å². The van der Waals surface area contributed by atoms with Gasteiger partial charge in [-0.3, -0.25) is 4.57 Å². The first-order valence-electron chi connectivity index (χ1n) is 6.77. The van der Waals surface area contributed by atoms with Crippen molar-refractivity contribution in [2.45, 2.75) is 6.92 Å². The number of benzene rings is 2. The minimum atomic E-state index is -0.791. The molecule has 0 aliphatic carbocycles. The summed E-state index contributed by atoms with van der Waals surface area (Å²) in [6, 6.07) is 8.61. The van der Waals surface area contributed by atoms with Crippen molar-refractivity contribution in [1.82, 2.24) is 14.3 Å². The maximum absolute atomic E-state index is 14.0. The highest BCUT2D eigenvalue weighted by Gasteiger charge is 2.21. The number of rotatable bonds is 2. The Morgan fingerprint density at radius 1 is 1.09 bits per heavy atom. The summed E-state index contributed by atoms with van der Waals surface area (Å²) in [6.07, 6.45) is 0. The molecule has 3 aromatic rings. The molecule has 2 aromatic carbocycles. The molecule has 0 unspecified atom stereocenters. The van der Waals surface area contributed by atoms with Gasteiger partial charge in [-0.1, -0.05) is 29.8 Å². The van der Waals surface area contributed by atoms with E-state index in [0.29, 0.717) is 10.7 Å². The maximum atomic E-state index is 14.0. The summed E-state index contributed by atoms with van der Waals surface area (Å²) in [5, 5.41) is 4.42. The van der Waals surface area contributed by atoms with Gasteiger partial charge in [0.05, 0.1) is 16.3 Å². The normalized spacial score (nSPS) is 11.0. The molecule has 0 saturated carbocycles. The zero-order valence-corrected chi connectivity index (χ0v) is 13.1. The van der Waals surface area contributed by atoms with Gasteiger partial charge in [0.2, 0.25) is 0 Å². The largest absolute Gasteiger partial charge is 0.350 e. The lowest BCUT2D eigenvalue weighted by Crippen LogP contribution is -2.22. The molecule has 0 aliphatic rings. The molecule has 1 heterocycles. The molecular formula is C16H12ClF2N3O. The molecule has 23 heavy (non-hydrogen) atoms. The van der Waals surface area contributed by atoms with Crippen LogP contribution in [0.3, 0.4) is 0 Å². The molecule has 0 bridgehead atoms. The first-order valence-corrected chi connectivity index (χ1v) is 7.15. The van der Waals surface area contributed by atoms with Crippen LogP contribution in [-0.4, -0.2) is 14.3 Å². The molecule has 0 spiro atoms. The van der Waals surface area contributed by atoms with Gasteiger partial charge in [0, 0.05) is 7.05 Å². The van der Waals surface area contributed by atoms with Crippen molar-refractivity contribution in [3.05, 3.63) is 69.1 Å². The maximum Gasteiger partial charge on any atom is 0.350 e. The van der Waals surface area contributed by atoms with Crippen molar-refractivity contribution < 1.29 is 8.78 Å². The molecule has 7 heteroatoms. The quantitative estimate of drug-likeness (QED) is 0.719. The number of aromatic nitrogens is 3. The fourth-order valence-electron chi connectivity index (χ4n) is 2.40. The zero-order valence-electron chi connectivity index (χ0n) is 12.3. The van der Waals surface area contributed by atoms with E-state index >= 15 is 0 Å². The number of para-hydroxylation sites is 1. The Kier molecular flexibility index (Phi) is 3.77. The van der Waals surface area contributed by atoms with E-state index in [4.69, 9.17) is 11.6 Å². The summed E-state index contributed by atoms with van der Waals surface area (Å²) < 4.78 is 30.1. The van der Waals surface area contributed by atoms with Gasteiger partial charge >= 0.3 is 5.69 Å². The van der Waals surface area contributed by atoms with Gasteiger partial charge in [-0.15, -0.1) is 5.10 Å². The average Bonchev–Trinajstić information content (AvgIpc) is 2.76. The lowest BCUT2D eigenvalue weighted by atomic mass is 10.2. The van der Waals surface area contributed by atoms with E-state index in [0.717, 1.165) is 26.9 Å². The number of hydrogen-bond donors (Lipinski definition) is 0. The predicted octanol–water partition coefficient (Wildman–Crippen LogP) is 3.48. The van der Waals surface area contributed by atoms with Gasteiger partial charge in [-0.05, 0) is 30.7 Å². The van der Waals surface area contributed by atoms with Crippen LogP contribution in [0.25, 0.3) is 17.1 Å². The third kappa shape index (κ3) is 2.45. The third-order valence-corrected chi connectivity index (χ3v) is 3.87. The molecule has 3 rings (SSSR count). The van der Waals surface area contributed by atoms with Crippen LogP contribution in [0.1, 0.15) is 5.56 Å². The molecule has 4 nitrogen and oxygen atoms in total. The Balaban J connectivity index is 2.31. The fraction of sp³-hybridized carbons (Fsp3) is 0.125. The minimum Gasteiger partial charge on any atom is -0.278 e. The summed E-state index contributed by atoms with van der Waals surface area (Å²) in [6.45, 7) is 1.77. The van der Waals surface area contributed by atoms with Crippen LogP contribution >= 0.6 is 11.6 Å². The Labute approximate surface area is 135 Å². The summed E-state index contributed by atoms with van der Waals surface area (Å²) in [5.41, 5.74) is 0.213. The first-order chi connectivity index (χ1) is 10.9. The number of aryl methyl sites for hydroxylation is 1. The Morgan fingerprint density at radius 2 is 1.70 bits per heavy atom. The molecular weight excluding hydrogens is 324 g/mol. The number of nitrogens with zero attached hydrogens (tertiary/aromatic N) is 3. The summed E-state index contributed by atoms with van der Waals surface area (Å²) in [7, 11) is 1.40. The van der Waals surface area contributed by atoms with Gasteiger partial charge in [-0.2, -0.15) is 4.68 Å². The summed E-state index contributed by atoms with van der Waals surface area (Å²) in [4.78, 5) is 12.5. The average molecular weight is 336 g/mol. The van der Waals surface area contributed by atoms with Crippen LogP contribution in [-0.2, 0) is 7.05 Å². The SMILES string of the molecule is Cc1cccc(Cl)c1-n1nc(-c2c(F)cccc2F)n(C)c1=O. The second kappa shape index (κ2) is 5.62. The van der Waals surface area contributed by atoms with E-state index in [1.807, 2.05) is 0 Å². The molecule has 0 saturated heterocycles. The Morgan fingerprint density at radius 3 is 2.30 bits per heavy atom. The van der Waals surface area contributed by atoms with Gasteiger partial charge in [0.25, 0.3) is 0 Å². The third-order valence-electron chi connectivity index (χ3n) is 3.57. The molecule has 118 valence electrons. The van der Waals surface area contributed by atoms with Gasteiger partial charge in [0.15, 0.2) is 5.82 Å². The van der Waals surface area contributed by atoms with E-state index in [-0.39, 0.29) is 11.4 Å². The van der Waals surface area contributed by atoms with E-state index < -0.39 is 17.3 Å². The molecule has 0 N–H and O–H groups in total. The number of hydrogen-bond acceptors (Lipinski definition) is 2. The van der Waals surface area contributed by atoms with Crippen molar-refractivity contribution in [2.75, 3.05) is 0 Å². The first kappa shape index (κ1) is 15.4. The summed E-state index contributed by atoms with van der Waals surface area (Å²) in [5.74, 6) is -1.69. The van der Waals surface area contributed by atoms with Crippen LogP contribution in [0.5, 0.6) is 0 Å². The van der Waals surface area contributed by atoms with Crippen LogP contribution in [0, 0.1) is 18.6 Å². The van der Waals surface area contributed by atoms with Crippen molar-refractivity contribution in [3.63, 3.8) is 0 Å². The van der Waals surface area contributed by atoms with E-state index in [2.05, 4.69) is 5.10 Å². The molecule has 0 fully saturated rings. The topological polar surface area (TPSA) is 39.8 Å². The molecule has 0 amide bonds. The van der Waals surface area contributed by atoms with Crippen LogP contribution < -0.4 is 5.69 Å². The van der Waals surface area contributed by atoms with Gasteiger partial charge < -0.3 is 0 Å². The summed E-state index contributed by atoms with van der Waals surface area (Å²) >= 11 is 6.15. The second-order valence-corrected chi connectivity index (χ2v) is 5.49. The van der Waals surface area contributed by atoms with Crippen molar-refractivity contribution in [1.29, 1.82) is 0 Å². The lowest BCUT2D eigenvalue weighted by Gasteiger charge is -2.06. The minimum absolute atomic E-state index is 0.107. The van der Waals surface area contributed by atoms with Gasteiger partial charge in [-0.25, -0.2) is 13.6 Å². The zero-order chi connectivity index (χ0) is 16.7. The highest BCUT2D eigenvalue weighted by atomic mass is 35.5. The van der Waals surface area contributed by atoms with Crippen LogP contribution in [0.2, 0.25) is 5.02 Å². The van der Waals surface area contributed by atoms with E-state index in [9.17, 15) is 13.6 Å². The second-order valence-electron chi connectivity index (χ2n) is 5.08. The van der Waals surface area contributed by atoms with E-state index in [1.54, 1.807) is 25.1 Å². The van der Waals surface area contributed by atoms with Crippen LogP contribution in [0.4, 0.5) is 8.78 Å². The standard InChI is InChI=1S/C16H12ClF2N3O/c1-9-5-3-6-10(17)14(9)22-16(23)21(2)15(20-22)13-11(18)7-4-8-12(13)19/h3-8H,1-2H3. The molecule has 0 radical (unpaired) electrons. The number of halogens is 3. The highest BCUT2D eigenvalue weighted by Crippen LogP contribution is 2.26. The predicted molar refractivity (Wildman–Crippen MR) is 83.9 cm³/mol. The Bertz CT molecular complexity index is 922. The van der Waals surface area contributed by atoms with E-state index in [1.165, 1.54) is 13.1 Å².